The zero-order valence-corrected chi connectivity index (χ0v) is 16.2. The second-order valence-electron chi connectivity index (χ2n) is 5.35. The Morgan fingerprint density at radius 2 is 2.23 bits per heavy atom. The van der Waals surface area contributed by atoms with Crippen molar-refractivity contribution in [2.75, 3.05) is 25.0 Å². The number of carbonyl (C=O) groups is 1. The smallest absolute Gasteiger partial charge is 0.254 e. The van der Waals surface area contributed by atoms with Crippen LogP contribution in [-0.2, 0) is 16.1 Å². The number of anilines is 1. The van der Waals surface area contributed by atoms with Gasteiger partial charge in [0.2, 0.25) is 0 Å². The minimum Gasteiger partial charge on any atom is -0.487 e. The zero-order chi connectivity index (χ0) is 16.8. The van der Waals surface area contributed by atoms with E-state index in [2.05, 4.69) is 15.6 Å². The summed E-state index contributed by atoms with van der Waals surface area (Å²) in [6, 6.07) is 8.91. The van der Waals surface area contributed by atoms with Gasteiger partial charge in [-0.1, -0.05) is 17.7 Å². The summed E-state index contributed by atoms with van der Waals surface area (Å²) in [5.74, 6) is 0.358. The van der Waals surface area contributed by atoms with E-state index < -0.39 is 6.10 Å². The topological polar surface area (TPSA) is 72.5 Å². The number of morpholine rings is 1. The van der Waals surface area contributed by atoms with Crippen LogP contribution in [0.15, 0.2) is 42.7 Å². The first kappa shape index (κ1) is 22.5. The van der Waals surface area contributed by atoms with E-state index in [1.165, 1.54) is 0 Å². The predicted molar refractivity (Wildman–Crippen MR) is 106 cm³/mol. The van der Waals surface area contributed by atoms with Crippen LogP contribution >= 0.6 is 36.4 Å². The first-order chi connectivity index (χ1) is 11.7. The molecule has 0 saturated carbocycles. The molecule has 26 heavy (non-hydrogen) atoms. The molecule has 6 nitrogen and oxygen atoms in total. The van der Waals surface area contributed by atoms with E-state index in [1.807, 2.05) is 12.1 Å². The zero-order valence-electron chi connectivity index (χ0n) is 13.8. The van der Waals surface area contributed by atoms with E-state index in [-0.39, 0.29) is 30.7 Å². The summed E-state index contributed by atoms with van der Waals surface area (Å²) in [5.41, 5.74) is 1.56. The molecule has 2 aromatic rings. The van der Waals surface area contributed by atoms with Gasteiger partial charge in [0.1, 0.15) is 18.5 Å². The molecule has 0 radical (unpaired) electrons. The average Bonchev–Trinajstić information content (AvgIpc) is 2.62. The molecule has 2 N–H and O–H groups in total. The standard InChI is InChI=1S/C17H18ClN3O3.2ClH/c18-14-8-13(21-17(22)16-10-20-6-7-23-16)3-4-15(14)24-11-12-2-1-5-19-9-12;;/h1-5,8-9,16,20H,6-7,10-11H2,(H,21,22);2*1H. The highest BCUT2D eigenvalue weighted by Gasteiger charge is 2.21. The Morgan fingerprint density at radius 1 is 1.38 bits per heavy atom. The molecule has 9 heteroatoms. The molecule has 2 heterocycles. The van der Waals surface area contributed by atoms with Crippen LogP contribution in [0.25, 0.3) is 0 Å². The van der Waals surface area contributed by atoms with Crippen molar-refractivity contribution in [1.82, 2.24) is 10.3 Å². The molecule has 1 aromatic carbocycles. The van der Waals surface area contributed by atoms with Crippen LogP contribution in [0.3, 0.4) is 0 Å². The normalized spacial score (nSPS) is 16.0. The second kappa shape index (κ2) is 11.2. The summed E-state index contributed by atoms with van der Waals surface area (Å²) in [6.45, 7) is 2.17. The molecule has 1 aliphatic heterocycles. The van der Waals surface area contributed by atoms with Crippen LogP contribution in [0.1, 0.15) is 5.56 Å². The maximum Gasteiger partial charge on any atom is 0.254 e. The lowest BCUT2D eigenvalue weighted by Crippen LogP contribution is -2.45. The van der Waals surface area contributed by atoms with Crippen molar-refractivity contribution < 1.29 is 14.3 Å². The van der Waals surface area contributed by atoms with Crippen molar-refractivity contribution in [3.05, 3.63) is 53.3 Å². The largest absolute Gasteiger partial charge is 0.487 e. The third-order valence-corrected chi connectivity index (χ3v) is 3.83. The number of hydrogen-bond donors (Lipinski definition) is 2. The fraction of sp³-hybridized carbons (Fsp3) is 0.294. The average molecular weight is 421 g/mol. The summed E-state index contributed by atoms with van der Waals surface area (Å²) in [7, 11) is 0. The molecule has 1 unspecified atom stereocenters. The third kappa shape index (κ3) is 6.30. The second-order valence-corrected chi connectivity index (χ2v) is 5.76. The molecule has 142 valence electrons. The Morgan fingerprint density at radius 3 is 2.88 bits per heavy atom. The Hall–Kier alpha value is -1.57. The number of nitrogens with one attached hydrogen (secondary N) is 2. The molecule has 3 rings (SSSR count). The number of nitrogens with zero attached hydrogens (tertiary/aromatic N) is 1. The van der Waals surface area contributed by atoms with E-state index >= 15 is 0 Å². The quantitative estimate of drug-likeness (QED) is 0.778. The van der Waals surface area contributed by atoms with Crippen LogP contribution in [0, 0.1) is 0 Å². The Bertz CT molecular complexity index is 698. The third-order valence-electron chi connectivity index (χ3n) is 3.54. The highest BCUT2D eigenvalue weighted by Crippen LogP contribution is 2.28. The lowest BCUT2D eigenvalue weighted by atomic mass is 10.2. The maximum atomic E-state index is 12.1. The summed E-state index contributed by atoms with van der Waals surface area (Å²) >= 11 is 6.23. The molecule has 1 aromatic heterocycles. The minimum absolute atomic E-state index is 0. The van der Waals surface area contributed by atoms with Crippen LogP contribution in [0.5, 0.6) is 5.75 Å². The van der Waals surface area contributed by atoms with Crippen molar-refractivity contribution in [1.29, 1.82) is 0 Å². The van der Waals surface area contributed by atoms with Gasteiger partial charge in [-0.05, 0) is 24.3 Å². The number of amides is 1. The Labute approximate surface area is 169 Å². The number of rotatable bonds is 5. The molecule has 1 saturated heterocycles. The van der Waals surface area contributed by atoms with Crippen LogP contribution in [0.2, 0.25) is 5.02 Å². The summed E-state index contributed by atoms with van der Waals surface area (Å²) in [6.07, 6.45) is 2.96. The molecule has 0 bridgehead atoms. The van der Waals surface area contributed by atoms with Crippen LogP contribution in [0.4, 0.5) is 5.69 Å². The summed E-state index contributed by atoms with van der Waals surface area (Å²) in [5, 5.41) is 6.35. The van der Waals surface area contributed by atoms with Gasteiger partial charge >= 0.3 is 0 Å². The number of ether oxygens (including phenoxy) is 2. The number of aromatic nitrogens is 1. The molecule has 0 aliphatic carbocycles. The molecule has 1 fully saturated rings. The van der Waals surface area contributed by atoms with E-state index in [1.54, 1.807) is 30.6 Å². The molecule has 1 atom stereocenters. The molecular formula is C17H20Cl3N3O3. The van der Waals surface area contributed by atoms with E-state index in [0.717, 1.165) is 12.1 Å². The predicted octanol–water partition coefficient (Wildman–Crippen LogP) is 3.08. The van der Waals surface area contributed by atoms with Gasteiger partial charge in [-0.3, -0.25) is 9.78 Å². The van der Waals surface area contributed by atoms with E-state index in [0.29, 0.717) is 36.2 Å². The number of benzene rings is 1. The molecular weight excluding hydrogens is 401 g/mol. The molecule has 0 spiro atoms. The lowest BCUT2D eigenvalue weighted by Gasteiger charge is -2.22. The fourth-order valence-corrected chi connectivity index (χ4v) is 2.53. The fourth-order valence-electron chi connectivity index (χ4n) is 2.30. The summed E-state index contributed by atoms with van der Waals surface area (Å²) < 4.78 is 11.1. The van der Waals surface area contributed by atoms with Gasteiger partial charge in [-0.15, -0.1) is 24.8 Å². The van der Waals surface area contributed by atoms with Crippen molar-refractivity contribution in [2.24, 2.45) is 0 Å². The summed E-state index contributed by atoms with van der Waals surface area (Å²) in [4.78, 5) is 16.2. The maximum absolute atomic E-state index is 12.1. The van der Waals surface area contributed by atoms with Gasteiger partial charge in [0.25, 0.3) is 5.91 Å². The number of pyridine rings is 1. The van der Waals surface area contributed by atoms with Gasteiger partial charge in [-0.25, -0.2) is 0 Å². The van der Waals surface area contributed by atoms with Crippen LogP contribution in [-0.4, -0.2) is 36.7 Å². The van der Waals surface area contributed by atoms with Gasteiger partial charge in [0, 0.05) is 36.7 Å². The SMILES string of the molecule is Cl.Cl.O=C(Nc1ccc(OCc2cccnc2)c(Cl)c1)C1CNCCO1. The highest BCUT2D eigenvalue weighted by atomic mass is 35.5. The van der Waals surface area contributed by atoms with E-state index in [9.17, 15) is 4.79 Å². The van der Waals surface area contributed by atoms with Crippen molar-refractivity contribution in [3.8, 4) is 5.75 Å². The number of carbonyl (C=O) groups excluding carboxylic acids is 1. The van der Waals surface area contributed by atoms with Crippen molar-refractivity contribution in [2.45, 2.75) is 12.7 Å². The Kier molecular flexibility index (Phi) is 9.69. The number of halogens is 3. The monoisotopic (exact) mass is 419 g/mol. The minimum atomic E-state index is -0.487. The van der Waals surface area contributed by atoms with Gasteiger partial charge in [-0.2, -0.15) is 0 Å². The van der Waals surface area contributed by atoms with Crippen molar-refractivity contribution in [3.63, 3.8) is 0 Å². The number of hydrogen-bond acceptors (Lipinski definition) is 5. The highest BCUT2D eigenvalue weighted by molar-refractivity contribution is 6.32. The molecule has 1 aliphatic rings. The Balaban J connectivity index is 0.00000169. The van der Waals surface area contributed by atoms with E-state index in [4.69, 9.17) is 21.1 Å². The van der Waals surface area contributed by atoms with Gasteiger partial charge < -0.3 is 20.1 Å². The van der Waals surface area contributed by atoms with Gasteiger partial charge in [0.15, 0.2) is 0 Å². The first-order valence-electron chi connectivity index (χ1n) is 7.67. The van der Waals surface area contributed by atoms with Gasteiger partial charge in [0.05, 0.1) is 11.6 Å². The molecule has 1 amide bonds. The lowest BCUT2D eigenvalue weighted by molar-refractivity contribution is -0.128. The van der Waals surface area contributed by atoms with Crippen molar-refractivity contribution >= 4 is 48.0 Å². The van der Waals surface area contributed by atoms with Crippen LogP contribution < -0.4 is 15.4 Å². The first-order valence-corrected chi connectivity index (χ1v) is 8.04.